The van der Waals surface area contributed by atoms with E-state index in [1.54, 1.807) is 36.4 Å². The van der Waals surface area contributed by atoms with Gasteiger partial charge in [0.2, 0.25) is 6.79 Å². The van der Waals surface area contributed by atoms with Crippen molar-refractivity contribution in [2.24, 2.45) is 5.10 Å². The van der Waals surface area contributed by atoms with E-state index in [1.165, 1.54) is 6.21 Å². The first-order valence-electron chi connectivity index (χ1n) is 10.8. The molecule has 4 aromatic rings. The molecule has 5 rings (SSSR count). The van der Waals surface area contributed by atoms with Gasteiger partial charge < -0.3 is 23.9 Å². The number of hydrogen-bond donors (Lipinski definition) is 1. The molecule has 1 aliphatic rings. The Balaban J connectivity index is 1.42. The molecule has 0 spiro atoms. The molecule has 0 bridgehead atoms. The van der Waals surface area contributed by atoms with Gasteiger partial charge in [-0.3, -0.25) is 4.79 Å². The smallest absolute Gasteiger partial charge is 0.349 e. The van der Waals surface area contributed by atoms with Crippen molar-refractivity contribution in [3.63, 3.8) is 0 Å². The lowest BCUT2D eigenvalue weighted by molar-refractivity contribution is 0.174. The van der Waals surface area contributed by atoms with Crippen molar-refractivity contribution in [1.29, 1.82) is 0 Å². The molecule has 178 valence electrons. The van der Waals surface area contributed by atoms with Crippen molar-refractivity contribution >= 4 is 28.7 Å². The normalized spacial score (nSPS) is 12.4. The second-order valence-corrected chi connectivity index (χ2v) is 7.98. The van der Waals surface area contributed by atoms with Gasteiger partial charge in [-0.2, -0.15) is 5.10 Å². The van der Waals surface area contributed by atoms with Gasteiger partial charge in [-0.25, -0.2) is 4.79 Å². The van der Waals surface area contributed by atoms with Gasteiger partial charge in [-0.05, 0) is 54.4 Å². The minimum Gasteiger partial charge on any atom is -0.490 e. The lowest BCUT2D eigenvalue weighted by atomic mass is 10.2. The number of benzene rings is 3. The van der Waals surface area contributed by atoms with Gasteiger partial charge in [0.25, 0.3) is 5.56 Å². The second kappa shape index (κ2) is 9.55. The number of nitrogens with one attached hydrogen (secondary N) is 1. The Bertz CT molecular complexity index is 1560. The van der Waals surface area contributed by atoms with Crippen LogP contribution in [0.4, 0.5) is 0 Å². The number of para-hydroxylation sites is 1. The fourth-order valence-corrected chi connectivity index (χ4v) is 3.91. The molecule has 0 amide bonds. The first-order valence-corrected chi connectivity index (χ1v) is 11.2. The summed E-state index contributed by atoms with van der Waals surface area (Å²) in [6, 6.07) is 15.6. The maximum atomic E-state index is 12.7. The minimum atomic E-state index is -0.648. The van der Waals surface area contributed by atoms with Crippen LogP contribution >= 0.6 is 11.6 Å². The van der Waals surface area contributed by atoms with E-state index in [2.05, 4.69) is 10.1 Å². The summed E-state index contributed by atoms with van der Waals surface area (Å²) in [7, 11) is 0. The Morgan fingerprint density at radius 1 is 1.09 bits per heavy atom. The highest BCUT2D eigenvalue weighted by molar-refractivity contribution is 6.32. The molecule has 10 heteroatoms. The van der Waals surface area contributed by atoms with Gasteiger partial charge in [0.1, 0.15) is 6.61 Å². The summed E-state index contributed by atoms with van der Waals surface area (Å²) in [5, 5.41) is 4.72. The van der Waals surface area contributed by atoms with Gasteiger partial charge in [-0.15, -0.1) is 4.68 Å². The number of nitrogens with zero attached hydrogens (tertiary/aromatic N) is 2. The van der Waals surface area contributed by atoms with E-state index in [0.717, 1.165) is 10.2 Å². The fourth-order valence-electron chi connectivity index (χ4n) is 3.63. The monoisotopic (exact) mass is 493 g/mol. The molecule has 0 saturated carbocycles. The zero-order valence-corrected chi connectivity index (χ0v) is 19.4. The molecule has 1 aromatic heterocycles. The Morgan fingerprint density at radius 2 is 1.91 bits per heavy atom. The van der Waals surface area contributed by atoms with Gasteiger partial charge in [0, 0.05) is 0 Å². The number of ether oxygens (including phenoxy) is 4. The predicted molar refractivity (Wildman–Crippen MR) is 131 cm³/mol. The van der Waals surface area contributed by atoms with Crippen LogP contribution < -0.4 is 30.2 Å². The van der Waals surface area contributed by atoms with Crippen LogP contribution in [0.5, 0.6) is 23.0 Å². The molecule has 35 heavy (non-hydrogen) atoms. The lowest BCUT2D eigenvalue weighted by Crippen LogP contribution is -2.32. The van der Waals surface area contributed by atoms with E-state index in [9.17, 15) is 9.59 Å². The number of rotatable bonds is 7. The van der Waals surface area contributed by atoms with Crippen molar-refractivity contribution in [2.45, 2.75) is 13.5 Å². The van der Waals surface area contributed by atoms with Crippen molar-refractivity contribution in [1.82, 2.24) is 9.66 Å². The second-order valence-electron chi connectivity index (χ2n) is 7.58. The first-order chi connectivity index (χ1) is 17.0. The molecular formula is C25H20ClN3O6. The van der Waals surface area contributed by atoms with E-state index >= 15 is 0 Å². The third kappa shape index (κ3) is 4.58. The van der Waals surface area contributed by atoms with Crippen molar-refractivity contribution in [2.75, 3.05) is 13.4 Å². The molecule has 0 aliphatic carbocycles. The fraction of sp³-hybridized carbons (Fsp3) is 0.160. The number of fused-ring (bicyclic) bond motifs is 2. The summed E-state index contributed by atoms with van der Waals surface area (Å²) in [5.74, 6) is 2.12. The quantitative estimate of drug-likeness (QED) is 0.391. The van der Waals surface area contributed by atoms with Gasteiger partial charge >= 0.3 is 5.69 Å². The van der Waals surface area contributed by atoms with Crippen LogP contribution in [0, 0.1) is 0 Å². The average Bonchev–Trinajstić information content (AvgIpc) is 3.31. The van der Waals surface area contributed by atoms with E-state index in [-0.39, 0.29) is 18.4 Å². The highest BCUT2D eigenvalue weighted by atomic mass is 35.5. The molecule has 9 nitrogen and oxygen atoms in total. The number of hydrogen-bond acceptors (Lipinski definition) is 7. The number of aromatic amines is 1. The van der Waals surface area contributed by atoms with Crippen molar-refractivity contribution in [3.05, 3.63) is 91.6 Å². The topological polar surface area (TPSA) is 104 Å². The van der Waals surface area contributed by atoms with Gasteiger partial charge in [0.15, 0.2) is 23.0 Å². The molecule has 1 N–H and O–H groups in total. The minimum absolute atomic E-state index is 0.195. The summed E-state index contributed by atoms with van der Waals surface area (Å²) in [6.07, 6.45) is 1.36. The zero-order valence-electron chi connectivity index (χ0n) is 18.6. The summed E-state index contributed by atoms with van der Waals surface area (Å²) >= 11 is 6.50. The number of aromatic nitrogens is 2. The van der Waals surface area contributed by atoms with Crippen molar-refractivity contribution in [3.8, 4) is 23.0 Å². The maximum absolute atomic E-state index is 12.7. The Kier molecular flexibility index (Phi) is 6.15. The Labute approximate surface area is 204 Å². The number of H-pyrrole nitrogens is 1. The van der Waals surface area contributed by atoms with Gasteiger partial charge in [-0.1, -0.05) is 29.8 Å². The highest BCUT2D eigenvalue weighted by Gasteiger charge is 2.16. The van der Waals surface area contributed by atoms with Crippen LogP contribution in [-0.2, 0) is 6.61 Å². The van der Waals surface area contributed by atoms with Crippen LogP contribution in [0.2, 0.25) is 5.02 Å². The Morgan fingerprint density at radius 3 is 2.77 bits per heavy atom. The first kappa shape index (κ1) is 22.5. The van der Waals surface area contributed by atoms with E-state index in [4.69, 9.17) is 30.5 Å². The third-order valence-electron chi connectivity index (χ3n) is 5.26. The van der Waals surface area contributed by atoms with Gasteiger partial charge in [0.05, 0.1) is 28.7 Å². The maximum Gasteiger partial charge on any atom is 0.349 e. The van der Waals surface area contributed by atoms with Crippen LogP contribution in [0.3, 0.4) is 0 Å². The largest absolute Gasteiger partial charge is 0.490 e. The van der Waals surface area contributed by atoms with E-state index in [0.29, 0.717) is 46.1 Å². The summed E-state index contributed by atoms with van der Waals surface area (Å²) < 4.78 is 23.2. The molecule has 0 fully saturated rings. The van der Waals surface area contributed by atoms with Crippen LogP contribution in [-0.4, -0.2) is 29.3 Å². The van der Waals surface area contributed by atoms with Crippen LogP contribution in [0.1, 0.15) is 18.1 Å². The number of halogens is 1. The molecular weight excluding hydrogens is 474 g/mol. The zero-order chi connectivity index (χ0) is 24.4. The standard InChI is InChI=1S/C25H20ClN3O6/c1-2-32-22-11-16(12-27-29-24(30)17-5-3-4-6-19(17)28-25(29)31)9-18(26)23(22)33-13-15-7-8-20-21(10-15)35-14-34-20/h3-12H,2,13-14H2,1H3,(H,28,31). The average molecular weight is 494 g/mol. The summed E-state index contributed by atoms with van der Waals surface area (Å²) in [6.45, 7) is 2.64. The Hall–Kier alpha value is -4.24. The molecule has 0 radical (unpaired) electrons. The van der Waals surface area contributed by atoms with E-state index in [1.807, 2.05) is 25.1 Å². The summed E-state index contributed by atoms with van der Waals surface area (Å²) in [5.41, 5.74) is 0.659. The third-order valence-corrected chi connectivity index (χ3v) is 5.54. The molecule has 0 unspecified atom stereocenters. The van der Waals surface area contributed by atoms with Crippen LogP contribution in [0.15, 0.2) is 69.3 Å². The lowest BCUT2D eigenvalue weighted by Gasteiger charge is -2.14. The molecule has 3 aromatic carbocycles. The predicted octanol–water partition coefficient (Wildman–Crippen LogP) is 3.93. The van der Waals surface area contributed by atoms with Crippen LogP contribution in [0.25, 0.3) is 10.9 Å². The molecule has 0 saturated heterocycles. The molecule has 0 atom stereocenters. The van der Waals surface area contributed by atoms with Crippen molar-refractivity contribution < 1.29 is 18.9 Å². The summed E-state index contributed by atoms with van der Waals surface area (Å²) in [4.78, 5) is 27.7. The van der Waals surface area contributed by atoms with E-state index < -0.39 is 11.2 Å². The molecule has 1 aliphatic heterocycles. The highest BCUT2D eigenvalue weighted by Crippen LogP contribution is 2.38. The SMILES string of the molecule is CCOc1cc(C=Nn2c(=O)[nH]c3ccccc3c2=O)cc(Cl)c1OCc1ccc2c(c1)OCO2. The molecule has 2 heterocycles.